The fourth-order valence-corrected chi connectivity index (χ4v) is 2.01. The van der Waals surface area contributed by atoms with Crippen molar-refractivity contribution in [2.24, 2.45) is 0 Å². The summed E-state index contributed by atoms with van der Waals surface area (Å²) >= 11 is 0. The average molecular weight is 252 g/mol. The summed E-state index contributed by atoms with van der Waals surface area (Å²) in [4.78, 5) is 11.7. The lowest BCUT2D eigenvalue weighted by Crippen LogP contribution is -2.25. The molecule has 18 heavy (non-hydrogen) atoms. The quantitative estimate of drug-likeness (QED) is 0.721. The highest BCUT2D eigenvalue weighted by atomic mass is 16.1. The van der Waals surface area contributed by atoms with Crippen LogP contribution >= 0.6 is 0 Å². The zero-order valence-electron chi connectivity index (χ0n) is 11.7. The average Bonchev–Trinajstić information content (AvgIpc) is 2.39. The molecule has 1 heterocycles. The van der Waals surface area contributed by atoms with Gasteiger partial charge < -0.3 is 5.32 Å². The van der Waals surface area contributed by atoms with E-state index < -0.39 is 0 Å². The summed E-state index contributed by atoms with van der Waals surface area (Å²) in [5.41, 5.74) is 1.34. The Labute approximate surface area is 109 Å². The smallest absolute Gasteiger partial charge is 0.314 e. The minimum Gasteiger partial charge on any atom is -0.379 e. The van der Waals surface area contributed by atoms with Crippen LogP contribution < -0.4 is 10.9 Å². The molecule has 0 aliphatic rings. The first-order valence-electron chi connectivity index (χ1n) is 6.95. The summed E-state index contributed by atoms with van der Waals surface area (Å²) in [7, 11) is 0. The van der Waals surface area contributed by atoms with Gasteiger partial charge in [-0.2, -0.15) is 0 Å². The van der Waals surface area contributed by atoms with Crippen LogP contribution in [0.25, 0.3) is 0 Å². The molecule has 0 spiro atoms. The van der Waals surface area contributed by atoms with E-state index in [1.165, 1.54) is 19.3 Å². The molecular formula is C13H24N4O. The molecule has 0 fully saturated rings. The molecule has 5 nitrogen and oxygen atoms in total. The van der Waals surface area contributed by atoms with Crippen LogP contribution in [0.2, 0.25) is 0 Å². The van der Waals surface area contributed by atoms with Crippen molar-refractivity contribution in [2.45, 2.75) is 59.4 Å². The molecule has 1 aromatic rings. The predicted molar refractivity (Wildman–Crippen MR) is 74.0 cm³/mol. The van der Waals surface area contributed by atoms with E-state index in [-0.39, 0.29) is 5.56 Å². The Bertz CT molecular complexity index is 414. The van der Waals surface area contributed by atoms with Crippen molar-refractivity contribution in [2.75, 3.05) is 11.9 Å². The highest BCUT2D eigenvalue weighted by Crippen LogP contribution is 2.09. The molecule has 0 bridgehead atoms. The largest absolute Gasteiger partial charge is 0.379 e. The van der Waals surface area contributed by atoms with Gasteiger partial charge in [0.1, 0.15) is 5.69 Å². The Morgan fingerprint density at radius 1 is 1.17 bits per heavy atom. The van der Waals surface area contributed by atoms with Crippen LogP contribution in [-0.4, -0.2) is 21.5 Å². The number of aromatic nitrogens is 3. The Balaban J connectivity index is 2.71. The maximum atomic E-state index is 11.7. The molecule has 102 valence electrons. The first-order valence-corrected chi connectivity index (χ1v) is 6.95. The van der Waals surface area contributed by atoms with E-state index in [2.05, 4.69) is 22.6 Å². The summed E-state index contributed by atoms with van der Waals surface area (Å²) in [5, 5.41) is 10.8. The topological polar surface area (TPSA) is 59.8 Å². The standard InChI is InChI=1S/C13H24N4O/c1-4-7-8-9-10-14-12-11(5-2)17(6-3)16-15-13(12)18/h14H,4-10H2,1-3H3. The Morgan fingerprint density at radius 3 is 2.56 bits per heavy atom. The third-order valence-corrected chi connectivity index (χ3v) is 3.02. The first kappa shape index (κ1) is 14.7. The fourth-order valence-electron chi connectivity index (χ4n) is 2.01. The molecule has 0 atom stereocenters. The minimum absolute atomic E-state index is 0.243. The second kappa shape index (κ2) is 7.84. The third-order valence-electron chi connectivity index (χ3n) is 3.02. The molecule has 1 rings (SSSR count). The van der Waals surface area contributed by atoms with Crippen molar-refractivity contribution < 1.29 is 0 Å². The van der Waals surface area contributed by atoms with Crippen molar-refractivity contribution in [3.05, 3.63) is 16.0 Å². The van der Waals surface area contributed by atoms with E-state index in [4.69, 9.17) is 0 Å². The summed E-state index contributed by atoms with van der Waals surface area (Å²) < 4.78 is 1.79. The van der Waals surface area contributed by atoms with Crippen LogP contribution in [0.5, 0.6) is 0 Å². The minimum atomic E-state index is -0.243. The lowest BCUT2D eigenvalue weighted by Gasteiger charge is -2.13. The van der Waals surface area contributed by atoms with Crippen molar-refractivity contribution in [1.82, 2.24) is 15.0 Å². The maximum absolute atomic E-state index is 11.7. The highest BCUT2D eigenvalue weighted by molar-refractivity contribution is 5.45. The summed E-state index contributed by atoms with van der Waals surface area (Å²) in [6.45, 7) is 7.79. The molecule has 0 aliphatic carbocycles. The van der Waals surface area contributed by atoms with Gasteiger partial charge in [0, 0.05) is 13.1 Å². The molecule has 0 unspecified atom stereocenters. The van der Waals surface area contributed by atoms with E-state index in [9.17, 15) is 4.79 Å². The Morgan fingerprint density at radius 2 is 1.94 bits per heavy atom. The lowest BCUT2D eigenvalue weighted by atomic mass is 10.2. The molecule has 0 saturated carbocycles. The van der Waals surface area contributed by atoms with Gasteiger partial charge in [0.25, 0.3) is 0 Å². The van der Waals surface area contributed by atoms with Crippen molar-refractivity contribution in [1.29, 1.82) is 0 Å². The van der Waals surface area contributed by atoms with Gasteiger partial charge in [-0.15, -0.1) is 0 Å². The number of rotatable bonds is 8. The number of hydrogen-bond donors (Lipinski definition) is 1. The van der Waals surface area contributed by atoms with Gasteiger partial charge in [-0.25, -0.2) is 4.68 Å². The van der Waals surface area contributed by atoms with Crippen LogP contribution in [0.15, 0.2) is 4.79 Å². The van der Waals surface area contributed by atoms with Gasteiger partial charge >= 0.3 is 5.56 Å². The summed E-state index contributed by atoms with van der Waals surface area (Å²) in [5.74, 6) is 0. The van der Waals surface area contributed by atoms with E-state index in [0.717, 1.165) is 31.6 Å². The number of anilines is 1. The number of nitrogens with one attached hydrogen (secondary N) is 1. The van der Waals surface area contributed by atoms with Crippen LogP contribution in [0.4, 0.5) is 5.69 Å². The predicted octanol–water partition coefficient (Wildman–Crippen LogP) is 2.21. The zero-order valence-corrected chi connectivity index (χ0v) is 11.7. The molecular weight excluding hydrogens is 228 g/mol. The zero-order chi connectivity index (χ0) is 13.4. The lowest BCUT2D eigenvalue weighted by molar-refractivity contribution is 0.554. The normalized spacial score (nSPS) is 10.6. The maximum Gasteiger partial charge on any atom is 0.314 e. The summed E-state index contributed by atoms with van der Waals surface area (Å²) in [6.07, 6.45) is 5.54. The van der Waals surface area contributed by atoms with Gasteiger partial charge in [0.15, 0.2) is 0 Å². The third kappa shape index (κ3) is 3.82. The molecule has 1 aromatic heterocycles. The molecule has 1 N–H and O–H groups in total. The van der Waals surface area contributed by atoms with E-state index >= 15 is 0 Å². The van der Waals surface area contributed by atoms with E-state index in [1.807, 2.05) is 13.8 Å². The SMILES string of the molecule is CCCCCCNc1c(CC)n(CC)nnc1=O. The Kier molecular flexibility index (Phi) is 6.39. The molecule has 0 aliphatic heterocycles. The van der Waals surface area contributed by atoms with Gasteiger partial charge in [0.2, 0.25) is 0 Å². The second-order valence-corrected chi connectivity index (χ2v) is 4.37. The van der Waals surface area contributed by atoms with Gasteiger partial charge in [-0.05, 0) is 19.8 Å². The van der Waals surface area contributed by atoms with E-state index in [0.29, 0.717) is 5.69 Å². The van der Waals surface area contributed by atoms with Crippen LogP contribution in [-0.2, 0) is 13.0 Å². The monoisotopic (exact) mass is 252 g/mol. The first-order chi connectivity index (χ1) is 8.74. The van der Waals surface area contributed by atoms with Crippen LogP contribution in [0.1, 0.15) is 52.1 Å². The van der Waals surface area contributed by atoms with Crippen molar-refractivity contribution in [3.63, 3.8) is 0 Å². The van der Waals surface area contributed by atoms with E-state index in [1.54, 1.807) is 4.68 Å². The number of hydrogen-bond acceptors (Lipinski definition) is 4. The molecule has 5 heteroatoms. The van der Waals surface area contributed by atoms with Crippen molar-refractivity contribution >= 4 is 5.69 Å². The molecule has 0 amide bonds. The fraction of sp³-hybridized carbons (Fsp3) is 0.769. The number of nitrogens with zero attached hydrogens (tertiary/aromatic N) is 3. The Hall–Kier alpha value is -1.39. The second-order valence-electron chi connectivity index (χ2n) is 4.37. The van der Waals surface area contributed by atoms with Crippen molar-refractivity contribution in [3.8, 4) is 0 Å². The van der Waals surface area contributed by atoms with Gasteiger partial charge in [0.05, 0.1) is 5.69 Å². The molecule has 0 radical (unpaired) electrons. The number of aryl methyl sites for hydroxylation is 1. The summed E-state index contributed by atoms with van der Waals surface area (Å²) in [6, 6.07) is 0. The van der Waals surface area contributed by atoms with Crippen LogP contribution in [0, 0.1) is 0 Å². The van der Waals surface area contributed by atoms with Gasteiger partial charge in [-0.1, -0.05) is 43.4 Å². The van der Waals surface area contributed by atoms with Gasteiger partial charge in [-0.3, -0.25) is 4.79 Å². The molecule has 0 saturated heterocycles. The molecule has 0 aromatic carbocycles. The van der Waals surface area contributed by atoms with Crippen LogP contribution in [0.3, 0.4) is 0 Å². The number of unbranched alkanes of at least 4 members (excludes halogenated alkanes) is 3. The highest BCUT2D eigenvalue weighted by Gasteiger charge is 2.10.